The van der Waals surface area contributed by atoms with Crippen molar-refractivity contribution in [2.75, 3.05) is 19.0 Å². The van der Waals surface area contributed by atoms with E-state index in [2.05, 4.69) is 5.32 Å². The molecule has 0 bridgehead atoms. The van der Waals surface area contributed by atoms with Crippen LogP contribution in [0.25, 0.3) is 0 Å². The number of halogens is 5. The minimum absolute atomic E-state index is 0.231. The predicted molar refractivity (Wildman–Crippen MR) is 86.2 cm³/mol. The van der Waals surface area contributed by atoms with E-state index >= 15 is 0 Å². The summed E-state index contributed by atoms with van der Waals surface area (Å²) in [5, 5.41) is 13.3. The quantitative estimate of drug-likeness (QED) is 0.391. The Hall–Kier alpha value is -3.21. The summed E-state index contributed by atoms with van der Waals surface area (Å²) in [5.41, 5.74) is -1.54. The topological polar surface area (TPSA) is 87.7 Å². The van der Waals surface area contributed by atoms with Crippen LogP contribution < -0.4 is 15.4 Å². The van der Waals surface area contributed by atoms with Crippen LogP contribution in [0.4, 0.5) is 27.6 Å². The van der Waals surface area contributed by atoms with Gasteiger partial charge in [0.05, 0.1) is 13.7 Å². The van der Waals surface area contributed by atoms with Gasteiger partial charge in [0.1, 0.15) is 17.4 Å². The van der Waals surface area contributed by atoms with Gasteiger partial charge in [0, 0.05) is 5.69 Å². The average molecular weight is 404 g/mol. The summed E-state index contributed by atoms with van der Waals surface area (Å²) in [5.74, 6) is -14.1. The Morgan fingerprint density at radius 2 is 1.46 bits per heavy atom. The molecule has 0 aliphatic carbocycles. The van der Waals surface area contributed by atoms with Crippen molar-refractivity contribution >= 4 is 17.5 Å². The molecule has 11 heteroatoms. The fourth-order valence-corrected chi connectivity index (χ4v) is 2.13. The van der Waals surface area contributed by atoms with E-state index in [1.54, 1.807) is 5.32 Å². The Labute approximate surface area is 154 Å². The molecule has 150 valence electrons. The first kappa shape index (κ1) is 21.1. The van der Waals surface area contributed by atoms with Crippen LogP contribution in [-0.4, -0.2) is 36.7 Å². The van der Waals surface area contributed by atoms with Crippen molar-refractivity contribution in [3.05, 3.63) is 58.9 Å². The number of hydrogen-bond donors (Lipinski definition) is 3. The van der Waals surface area contributed by atoms with E-state index in [4.69, 9.17) is 4.74 Å². The zero-order valence-corrected chi connectivity index (χ0v) is 14.2. The molecule has 0 saturated carbocycles. The predicted octanol–water partition coefficient (Wildman–Crippen LogP) is 2.12. The van der Waals surface area contributed by atoms with Crippen LogP contribution in [0.5, 0.6) is 5.75 Å². The van der Waals surface area contributed by atoms with Gasteiger partial charge in [0.2, 0.25) is 11.7 Å². The first-order chi connectivity index (χ1) is 13.2. The second kappa shape index (κ2) is 8.65. The van der Waals surface area contributed by atoms with Crippen molar-refractivity contribution in [3.8, 4) is 5.75 Å². The molecule has 28 heavy (non-hydrogen) atoms. The third kappa shape index (κ3) is 4.19. The fraction of sp³-hybridized carbons (Fsp3) is 0.176. The zero-order chi connectivity index (χ0) is 21.0. The van der Waals surface area contributed by atoms with E-state index in [0.717, 1.165) is 0 Å². The van der Waals surface area contributed by atoms with Crippen LogP contribution in [-0.2, 0) is 4.79 Å². The van der Waals surface area contributed by atoms with E-state index in [1.807, 2.05) is 0 Å². The van der Waals surface area contributed by atoms with Crippen LogP contribution >= 0.6 is 0 Å². The molecule has 0 unspecified atom stereocenters. The minimum Gasteiger partial charge on any atom is -0.497 e. The van der Waals surface area contributed by atoms with Gasteiger partial charge in [0.25, 0.3) is 5.91 Å². The molecule has 2 aromatic rings. The van der Waals surface area contributed by atoms with Crippen LogP contribution in [0.1, 0.15) is 10.4 Å². The highest BCUT2D eigenvalue weighted by Crippen LogP contribution is 2.23. The van der Waals surface area contributed by atoms with Crippen molar-refractivity contribution < 1.29 is 41.4 Å². The van der Waals surface area contributed by atoms with Gasteiger partial charge >= 0.3 is 0 Å². The van der Waals surface area contributed by atoms with Gasteiger partial charge in [0.15, 0.2) is 23.3 Å². The third-order valence-electron chi connectivity index (χ3n) is 3.60. The first-order valence-electron chi connectivity index (χ1n) is 7.59. The Balaban J connectivity index is 2.20. The van der Waals surface area contributed by atoms with Gasteiger partial charge < -0.3 is 20.5 Å². The van der Waals surface area contributed by atoms with Crippen molar-refractivity contribution in [1.82, 2.24) is 5.32 Å². The molecule has 0 aliphatic rings. The standard InChI is InChI=1S/C17H13F5N2O4/c1-28-8-4-2-7(3-5-8)23-16(26)9(6-25)24-17(27)10-11(18)13(20)15(22)14(21)12(10)19/h2-5,9,25H,6H2,1H3,(H,23,26)(H,24,27)/t9-/m0/s1. The van der Waals surface area contributed by atoms with Crippen LogP contribution in [0, 0.1) is 29.1 Å². The smallest absolute Gasteiger partial charge is 0.258 e. The van der Waals surface area contributed by atoms with Crippen molar-refractivity contribution in [2.24, 2.45) is 0 Å². The SMILES string of the molecule is COc1ccc(NC(=O)[C@H](CO)NC(=O)c2c(F)c(F)c(F)c(F)c2F)cc1. The lowest BCUT2D eigenvalue weighted by Gasteiger charge is -2.17. The van der Waals surface area contributed by atoms with E-state index in [-0.39, 0.29) is 5.69 Å². The van der Waals surface area contributed by atoms with Crippen molar-refractivity contribution in [1.29, 1.82) is 0 Å². The molecule has 1 atom stereocenters. The summed E-state index contributed by atoms with van der Waals surface area (Å²) in [6.45, 7) is -1.01. The molecule has 0 radical (unpaired) electrons. The number of aliphatic hydroxyl groups is 1. The summed E-state index contributed by atoms with van der Waals surface area (Å²) < 4.78 is 71.7. The molecular formula is C17H13F5N2O4. The molecule has 0 saturated heterocycles. The number of benzene rings is 2. The number of carbonyl (C=O) groups is 2. The second-order valence-electron chi connectivity index (χ2n) is 5.37. The Kier molecular flexibility index (Phi) is 6.52. The molecule has 0 aliphatic heterocycles. The van der Waals surface area contributed by atoms with Crippen molar-refractivity contribution in [3.63, 3.8) is 0 Å². The number of methoxy groups -OCH3 is 1. The summed E-state index contributed by atoms with van der Waals surface area (Å²) in [6.07, 6.45) is 0. The molecule has 2 rings (SSSR count). The Bertz CT molecular complexity index is 876. The van der Waals surface area contributed by atoms with Gasteiger partial charge in [-0.05, 0) is 24.3 Å². The third-order valence-corrected chi connectivity index (χ3v) is 3.60. The highest BCUT2D eigenvalue weighted by molar-refractivity contribution is 6.01. The molecule has 3 N–H and O–H groups in total. The molecule has 2 aromatic carbocycles. The average Bonchev–Trinajstić information content (AvgIpc) is 2.69. The Morgan fingerprint density at radius 3 is 1.93 bits per heavy atom. The number of ether oxygens (including phenoxy) is 1. The summed E-state index contributed by atoms with van der Waals surface area (Å²) >= 11 is 0. The number of aliphatic hydroxyl groups excluding tert-OH is 1. The van der Waals surface area contributed by atoms with Gasteiger partial charge in [-0.1, -0.05) is 0 Å². The van der Waals surface area contributed by atoms with Gasteiger partial charge in [-0.2, -0.15) is 0 Å². The zero-order valence-electron chi connectivity index (χ0n) is 14.2. The maximum atomic E-state index is 13.7. The van der Waals surface area contributed by atoms with Gasteiger partial charge in [-0.3, -0.25) is 9.59 Å². The maximum Gasteiger partial charge on any atom is 0.258 e. The van der Waals surface area contributed by atoms with Gasteiger partial charge in [-0.25, -0.2) is 22.0 Å². The number of rotatable bonds is 6. The Morgan fingerprint density at radius 1 is 0.964 bits per heavy atom. The molecule has 0 aromatic heterocycles. The molecule has 0 heterocycles. The van der Waals surface area contributed by atoms with Crippen LogP contribution in [0.2, 0.25) is 0 Å². The summed E-state index contributed by atoms with van der Waals surface area (Å²) in [4.78, 5) is 24.1. The monoisotopic (exact) mass is 404 g/mol. The lowest BCUT2D eigenvalue weighted by Crippen LogP contribution is -2.46. The lowest BCUT2D eigenvalue weighted by molar-refractivity contribution is -0.118. The maximum absolute atomic E-state index is 13.7. The second-order valence-corrected chi connectivity index (χ2v) is 5.37. The van der Waals surface area contributed by atoms with E-state index in [0.29, 0.717) is 5.75 Å². The van der Waals surface area contributed by atoms with Crippen LogP contribution in [0.15, 0.2) is 24.3 Å². The lowest BCUT2D eigenvalue weighted by atomic mass is 10.1. The summed E-state index contributed by atoms with van der Waals surface area (Å²) in [7, 11) is 1.42. The minimum atomic E-state index is -2.43. The van der Waals surface area contributed by atoms with E-state index in [9.17, 15) is 36.6 Å². The summed E-state index contributed by atoms with van der Waals surface area (Å²) in [6, 6.07) is 4.12. The number of anilines is 1. The molecule has 2 amide bonds. The molecule has 6 nitrogen and oxygen atoms in total. The fourth-order valence-electron chi connectivity index (χ4n) is 2.13. The van der Waals surface area contributed by atoms with Gasteiger partial charge in [-0.15, -0.1) is 0 Å². The molecule has 0 fully saturated rings. The number of carbonyl (C=O) groups excluding carboxylic acids is 2. The van der Waals surface area contributed by atoms with E-state index in [1.165, 1.54) is 31.4 Å². The van der Waals surface area contributed by atoms with Crippen molar-refractivity contribution in [2.45, 2.75) is 6.04 Å². The normalized spacial score (nSPS) is 11.7. The number of nitrogens with one attached hydrogen (secondary N) is 2. The first-order valence-corrected chi connectivity index (χ1v) is 7.59. The highest BCUT2D eigenvalue weighted by Gasteiger charge is 2.31. The highest BCUT2D eigenvalue weighted by atomic mass is 19.2. The largest absolute Gasteiger partial charge is 0.497 e. The number of hydrogen-bond acceptors (Lipinski definition) is 4. The van der Waals surface area contributed by atoms with E-state index < -0.39 is 59.1 Å². The van der Waals surface area contributed by atoms with Crippen LogP contribution in [0.3, 0.4) is 0 Å². The molecule has 0 spiro atoms. The number of amides is 2. The molecular weight excluding hydrogens is 391 g/mol.